The third kappa shape index (κ3) is 5.93. The fraction of sp³-hybridized carbons (Fsp3) is 0.455. The molecule has 0 radical (unpaired) electrons. The Balaban J connectivity index is 1.32. The molecule has 2 saturated carbocycles. The van der Waals surface area contributed by atoms with Gasteiger partial charge in [0, 0.05) is 35.8 Å². The van der Waals surface area contributed by atoms with Crippen LogP contribution in [0.5, 0.6) is 0 Å². The molecule has 9 nitrogen and oxygen atoms in total. The van der Waals surface area contributed by atoms with E-state index >= 15 is 0 Å². The summed E-state index contributed by atoms with van der Waals surface area (Å²) in [5.74, 6) is -3.85. The molecule has 3 aromatic carbocycles. The molecule has 3 aromatic rings. The molecule has 0 heterocycles. The standard InChI is InChI=1S/C44H51NO8S/c1-28-23-36-41(48,38(28)46)26-30(27-52-44(31-15-9-6-10-16-31,32-17-11-7-12-18-32)33-19-13-8-14-20-33)24-34-37-40(3,4)42(37,25-29(2)43(34,36)49)53-39(47)35(45)21-22-54(5,50)51/h6-20,23-24,29,34-37,48-49H,21-22,25-27,45H2,1-5H3/t29-,34+,35+,36-,37-,41-,42+,43-/m1/s1. The molecule has 4 aliphatic carbocycles. The lowest BCUT2D eigenvalue weighted by molar-refractivity contribution is -0.187. The summed E-state index contributed by atoms with van der Waals surface area (Å²) in [5, 5.41) is 25.6. The van der Waals surface area contributed by atoms with Gasteiger partial charge in [-0.15, -0.1) is 0 Å². The minimum Gasteiger partial charge on any atom is -0.457 e. The van der Waals surface area contributed by atoms with Crippen molar-refractivity contribution < 1.29 is 37.7 Å². The fourth-order valence-electron chi connectivity index (χ4n) is 10.3. The fourth-order valence-corrected chi connectivity index (χ4v) is 11.0. The highest BCUT2D eigenvalue weighted by Gasteiger charge is 2.83. The van der Waals surface area contributed by atoms with E-state index in [2.05, 4.69) is 0 Å². The van der Waals surface area contributed by atoms with Crippen molar-refractivity contribution in [2.75, 3.05) is 18.6 Å². The van der Waals surface area contributed by atoms with E-state index in [1.165, 1.54) is 0 Å². The minimum absolute atomic E-state index is 0.0112. The van der Waals surface area contributed by atoms with Crippen molar-refractivity contribution in [1.29, 1.82) is 0 Å². The second kappa shape index (κ2) is 13.4. The minimum atomic E-state index is -3.35. The number of esters is 1. The second-order valence-corrected chi connectivity index (χ2v) is 19.0. The molecule has 8 atom stereocenters. The Labute approximate surface area is 318 Å². The van der Waals surface area contributed by atoms with Crippen LogP contribution in [0.2, 0.25) is 0 Å². The van der Waals surface area contributed by atoms with Gasteiger partial charge in [-0.05, 0) is 53.5 Å². The number of nitrogens with two attached hydrogens (primary N) is 1. The number of hydrogen-bond acceptors (Lipinski definition) is 9. The van der Waals surface area contributed by atoms with Gasteiger partial charge in [0.25, 0.3) is 0 Å². The van der Waals surface area contributed by atoms with Crippen LogP contribution in [0, 0.1) is 29.1 Å². The van der Waals surface area contributed by atoms with Crippen molar-refractivity contribution >= 4 is 21.6 Å². The zero-order valence-electron chi connectivity index (χ0n) is 31.6. The van der Waals surface area contributed by atoms with Crippen LogP contribution < -0.4 is 5.73 Å². The van der Waals surface area contributed by atoms with Crippen LogP contribution in [0.3, 0.4) is 0 Å². The Bertz CT molecular complexity index is 2000. The summed E-state index contributed by atoms with van der Waals surface area (Å²) in [6.07, 6.45) is 4.94. The maximum absolute atomic E-state index is 14.0. The zero-order valence-corrected chi connectivity index (χ0v) is 32.4. The van der Waals surface area contributed by atoms with Crippen molar-refractivity contribution in [2.24, 2.45) is 34.8 Å². The Morgan fingerprint density at radius 1 is 0.926 bits per heavy atom. The highest BCUT2D eigenvalue weighted by molar-refractivity contribution is 7.90. The summed E-state index contributed by atoms with van der Waals surface area (Å²) in [7, 11) is -3.35. The van der Waals surface area contributed by atoms with E-state index in [1.54, 1.807) is 13.0 Å². The summed E-state index contributed by atoms with van der Waals surface area (Å²) >= 11 is 0. The van der Waals surface area contributed by atoms with Gasteiger partial charge in [-0.1, -0.05) is 124 Å². The first kappa shape index (κ1) is 38.3. The molecule has 0 saturated heterocycles. The normalized spacial score (nSPS) is 31.9. The molecule has 10 heteroatoms. The van der Waals surface area contributed by atoms with Gasteiger partial charge in [0.2, 0.25) is 0 Å². The van der Waals surface area contributed by atoms with Crippen molar-refractivity contribution in [2.45, 2.75) is 75.4 Å². The van der Waals surface area contributed by atoms with Gasteiger partial charge >= 0.3 is 5.97 Å². The molecule has 286 valence electrons. The predicted molar refractivity (Wildman–Crippen MR) is 206 cm³/mol. The lowest BCUT2D eigenvalue weighted by Crippen LogP contribution is -2.61. The first-order valence-electron chi connectivity index (χ1n) is 18.8. The molecule has 7 rings (SSSR count). The van der Waals surface area contributed by atoms with E-state index in [0.717, 1.165) is 22.9 Å². The average molecular weight is 754 g/mol. The maximum Gasteiger partial charge on any atom is 0.323 e. The SMILES string of the molecule is CC1=C[C@H]2[C@@]3(O)[C@H](C)C[C@]4(OC(=O)[C@@H](N)CCS(C)(=O)=O)[C@H]([C@@H]3C=C(COC(c3ccccc3)(c3ccccc3)c3ccccc3)C[C@]2(O)C1=O)C4(C)C. The van der Waals surface area contributed by atoms with Gasteiger partial charge in [0.15, 0.2) is 5.78 Å². The molecule has 4 N–H and O–H groups in total. The van der Waals surface area contributed by atoms with E-state index in [9.17, 15) is 28.2 Å². The van der Waals surface area contributed by atoms with Crippen LogP contribution in [-0.2, 0) is 34.5 Å². The number of fused-ring (bicyclic) bond motifs is 5. The molecule has 0 unspecified atom stereocenters. The van der Waals surface area contributed by atoms with Crippen LogP contribution in [0.1, 0.15) is 63.6 Å². The second-order valence-electron chi connectivity index (χ2n) is 16.7. The van der Waals surface area contributed by atoms with Gasteiger partial charge in [0.1, 0.15) is 32.7 Å². The van der Waals surface area contributed by atoms with Gasteiger partial charge in [-0.2, -0.15) is 0 Å². The number of Topliss-reactive ketones (excluding diaryl/α,β-unsaturated/α-hetero) is 1. The summed E-state index contributed by atoms with van der Waals surface area (Å²) in [4.78, 5) is 27.5. The molecule has 0 aromatic heterocycles. The summed E-state index contributed by atoms with van der Waals surface area (Å²) in [5.41, 5.74) is 3.70. The Morgan fingerprint density at radius 2 is 1.44 bits per heavy atom. The van der Waals surface area contributed by atoms with Crippen LogP contribution in [0.15, 0.2) is 114 Å². The van der Waals surface area contributed by atoms with Gasteiger partial charge in [-0.25, -0.2) is 8.42 Å². The highest BCUT2D eigenvalue weighted by Crippen LogP contribution is 2.76. The van der Waals surface area contributed by atoms with Crippen molar-refractivity contribution in [3.05, 3.63) is 131 Å². The molecule has 0 aliphatic heterocycles. The van der Waals surface area contributed by atoms with E-state index in [4.69, 9.17) is 15.2 Å². The largest absolute Gasteiger partial charge is 0.457 e. The smallest absolute Gasteiger partial charge is 0.323 e. The molecular formula is C44H51NO8S. The van der Waals surface area contributed by atoms with E-state index < -0.39 is 79.1 Å². The number of aliphatic hydroxyl groups is 2. The molecule has 4 aliphatic rings. The quantitative estimate of drug-likeness (QED) is 0.135. The number of carbonyl (C=O) groups is 2. The van der Waals surface area contributed by atoms with Crippen LogP contribution in [-0.4, -0.2) is 71.8 Å². The number of rotatable bonds is 11. The van der Waals surface area contributed by atoms with E-state index in [0.29, 0.717) is 11.1 Å². The molecule has 0 amide bonds. The first-order chi connectivity index (χ1) is 25.4. The number of carbonyl (C=O) groups excluding carboxylic acids is 2. The monoisotopic (exact) mass is 753 g/mol. The zero-order chi connectivity index (χ0) is 38.9. The molecule has 54 heavy (non-hydrogen) atoms. The number of hydrogen-bond donors (Lipinski definition) is 3. The van der Waals surface area contributed by atoms with Crippen LogP contribution in [0.25, 0.3) is 0 Å². The van der Waals surface area contributed by atoms with Crippen molar-refractivity contribution in [1.82, 2.24) is 0 Å². The maximum atomic E-state index is 14.0. The lowest BCUT2D eigenvalue weighted by atomic mass is 9.60. The third-order valence-electron chi connectivity index (χ3n) is 13.1. The van der Waals surface area contributed by atoms with Crippen molar-refractivity contribution in [3.8, 4) is 0 Å². The molecule has 0 bridgehead atoms. The Kier molecular flexibility index (Phi) is 9.50. The van der Waals surface area contributed by atoms with Gasteiger partial charge in [-0.3, -0.25) is 9.59 Å². The third-order valence-corrected chi connectivity index (χ3v) is 14.0. The Hall–Kier alpha value is -3.93. The summed E-state index contributed by atoms with van der Waals surface area (Å²) < 4.78 is 37.2. The number of ether oxygens (including phenoxy) is 2. The Morgan fingerprint density at radius 3 is 1.94 bits per heavy atom. The summed E-state index contributed by atoms with van der Waals surface area (Å²) in [6, 6.07) is 28.7. The van der Waals surface area contributed by atoms with Crippen molar-refractivity contribution in [3.63, 3.8) is 0 Å². The van der Waals surface area contributed by atoms with Gasteiger partial charge < -0.3 is 25.4 Å². The number of sulfone groups is 1. The molecule has 2 fully saturated rings. The number of benzene rings is 3. The van der Waals surface area contributed by atoms with E-state index in [-0.39, 0.29) is 31.6 Å². The first-order valence-corrected chi connectivity index (χ1v) is 20.8. The summed E-state index contributed by atoms with van der Waals surface area (Å²) in [6.45, 7) is 7.56. The van der Waals surface area contributed by atoms with Crippen LogP contribution in [0.4, 0.5) is 0 Å². The number of ketones is 1. The van der Waals surface area contributed by atoms with E-state index in [1.807, 2.05) is 118 Å². The van der Waals surface area contributed by atoms with Gasteiger partial charge in [0.05, 0.1) is 18.0 Å². The average Bonchev–Trinajstić information content (AvgIpc) is 3.55. The van der Waals surface area contributed by atoms with Crippen LogP contribution >= 0.6 is 0 Å². The predicted octanol–water partition coefficient (Wildman–Crippen LogP) is 5.29. The molecular weight excluding hydrogens is 703 g/mol. The lowest BCUT2D eigenvalue weighted by Gasteiger charge is -2.50. The topological polar surface area (TPSA) is 153 Å². The molecule has 0 spiro atoms. The highest BCUT2D eigenvalue weighted by atomic mass is 32.2.